The molecule has 2 aromatic rings. The molecule has 160 valence electrons. The van der Waals surface area contributed by atoms with Crippen LogP contribution in [0.4, 0.5) is 0 Å². The number of aryl methyl sites for hydroxylation is 2. The summed E-state index contributed by atoms with van der Waals surface area (Å²) in [6.45, 7) is 9.46. The van der Waals surface area contributed by atoms with Gasteiger partial charge < -0.3 is 24.3 Å². The Hall–Kier alpha value is -2.30. The van der Waals surface area contributed by atoms with Crippen LogP contribution in [0.2, 0.25) is 0 Å². The van der Waals surface area contributed by atoms with Crippen LogP contribution in [0.1, 0.15) is 22.8 Å². The molecular formula is C20H31IN6O2. The lowest BCUT2D eigenvalue weighted by molar-refractivity contribution is 0.353. The van der Waals surface area contributed by atoms with Crippen LogP contribution in [0.3, 0.4) is 0 Å². The number of hydrogen-bond donors (Lipinski definition) is 1. The van der Waals surface area contributed by atoms with Gasteiger partial charge in [-0.05, 0) is 37.1 Å². The Bertz CT molecular complexity index is 850. The molecular weight excluding hydrogens is 483 g/mol. The molecule has 0 aliphatic rings. The lowest BCUT2D eigenvalue weighted by atomic mass is 10.1. The van der Waals surface area contributed by atoms with E-state index in [1.165, 1.54) is 0 Å². The summed E-state index contributed by atoms with van der Waals surface area (Å²) < 4.78 is 12.8. The van der Waals surface area contributed by atoms with E-state index in [9.17, 15) is 0 Å². The SMILES string of the molecule is C=CCNC(=NCc1nnc(C)n1C)N(C)Cc1cc(OC)c(OC)cc1C.I. The minimum atomic E-state index is 0. The van der Waals surface area contributed by atoms with Gasteiger partial charge in [-0.3, -0.25) is 0 Å². The summed E-state index contributed by atoms with van der Waals surface area (Å²) in [6, 6.07) is 3.99. The number of ether oxygens (including phenoxy) is 2. The maximum Gasteiger partial charge on any atom is 0.194 e. The fourth-order valence-corrected chi connectivity index (χ4v) is 2.73. The number of aliphatic imine (C=N–C) groups is 1. The quantitative estimate of drug-likeness (QED) is 0.253. The van der Waals surface area contributed by atoms with Gasteiger partial charge >= 0.3 is 0 Å². The highest BCUT2D eigenvalue weighted by atomic mass is 127. The van der Waals surface area contributed by atoms with Crippen LogP contribution < -0.4 is 14.8 Å². The molecule has 0 amide bonds. The molecule has 0 radical (unpaired) electrons. The van der Waals surface area contributed by atoms with Gasteiger partial charge in [0.2, 0.25) is 0 Å². The zero-order chi connectivity index (χ0) is 20.7. The number of rotatable bonds is 8. The van der Waals surface area contributed by atoms with Gasteiger partial charge in [0.25, 0.3) is 0 Å². The molecule has 0 saturated carbocycles. The van der Waals surface area contributed by atoms with Crippen LogP contribution in [0.5, 0.6) is 11.5 Å². The van der Waals surface area contributed by atoms with Gasteiger partial charge in [0.1, 0.15) is 12.4 Å². The molecule has 0 aliphatic heterocycles. The monoisotopic (exact) mass is 514 g/mol. The van der Waals surface area contributed by atoms with E-state index in [4.69, 9.17) is 14.5 Å². The largest absolute Gasteiger partial charge is 0.493 e. The zero-order valence-electron chi connectivity index (χ0n) is 18.0. The van der Waals surface area contributed by atoms with Crippen molar-refractivity contribution in [2.45, 2.75) is 26.9 Å². The second-order valence-corrected chi connectivity index (χ2v) is 6.52. The van der Waals surface area contributed by atoms with Gasteiger partial charge in [-0.2, -0.15) is 0 Å². The smallest absolute Gasteiger partial charge is 0.194 e. The predicted octanol–water partition coefficient (Wildman–Crippen LogP) is 2.83. The Balaban J connectivity index is 0.00000420. The lowest BCUT2D eigenvalue weighted by Gasteiger charge is -2.23. The van der Waals surface area contributed by atoms with E-state index in [0.29, 0.717) is 25.4 Å². The Kier molecular flexibility index (Phi) is 9.93. The van der Waals surface area contributed by atoms with Crippen molar-refractivity contribution in [2.75, 3.05) is 27.8 Å². The zero-order valence-corrected chi connectivity index (χ0v) is 20.4. The van der Waals surface area contributed by atoms with Gasteiger partial charge in [0.05, 0.1) is 14.2 Å². The summed E-state index contributed by atoms with van der Waals surface area (Å²) in [6.07, 6.45) is 1.80. The van der Waals surface area contributed by atoms with E-state index in [2.05, 4.69) is 33.9 Å². The average Bonchev–Trinajstić information content (AvgIpc) is 3.01. The number of nitrogens with zero attached hydrogens (tertiary/aromatic N) is 5. The van der Waals surface area contributed by atoms with E-state index in [-0.39, 0.29) is 24.0 Å². The number of benzene rings is 1. The van der Waals surface area contributed by atoms with Crippen molar-refractivity contribution in [3.8, 4) is 11.5 Å². The lowest BCUT2D eigenvalue weighted by Crippen LogP contribution is -2.38. The first kappa shape index (κ1) is 24.7. The van der Waals surface area contributed by atoms with Gasteiger partial charge in [0.15, 0.2) is 23.3 Å². The normalized spacial score (nSPS) is 10.9. The number of aromatic nitrogens is 3. The fraction of sp³-hybridized carbons (Fsp3) is 0.450. The summed E-state index contributed by atoms with van der Waals surface area (Å²) in [5.74, 6) is 3.87. The number of hydrogen-bond acceptors (Lipinski definition) is 5. The van der Waals surface area contributed by atoms with E-state index >= 15 is 0 Å². The van der Waals surface area contributed by atoms with Crippen LogP contribution in [-0.2, 0) is 20.1 Å². The molecule has 0 unspecified atom stereocenters. The summed E-state index contributed by atoms with van der Waals surface area (Å²) >= 11 is 0. The molecule has 0 bridgehead atoms. The molecule has 0 saturated heterocycles. The van der Waals surface area contributed by atoms with Crippen LogP contribution in [-0.4, -0.2) is 53.4 Å². The summed E-state index contributed by atoms with van der Waals surface area (Å²) in [5.41, 5.74) is 2.25. The fourth-order valence-electron chi connectivity index (χ4n) is 2.73. The molecule has 0 aliphatic carbocycles. The van der Waals surface area contributed by atoms with Crippen molar-refractivity contribution in [2.24, 2.45) is 12.0 Å². The topological polar surface area (TPSA) is 76.8 Å². The van der Waals surface area contributed by atoms with Gasteiger partial charge in [-0.25, -0.2) is 4.99 Å². The first-order chi connectivity index (χ1) is 13.4. The van der Waals surface area contributed by atoms with Crippen LogP contribution >= 0.6 is 24.0 Å². The second-order valence-electron chi connectivity index (χ2n) is 6.52. The van der Waals surface area contributed by atoms with Crippen molar-refractivity contribution >= 4 is 29.9 Å². The van der Waals surface area contributed by atoms with Crippen molar-refractivity contribution < 1.29 is 9.47 Å². The van der Waals surface area contributed by atoms with Gasteiger partial charge in [0, 0.05) is 27.2 Å². The van der Waals surface area contributed by atoms with Crippen molar-refractivity contribution in [1.82, 2.24) is 25.0 Å². The molecule has 1 N–H and O–H groups in total. The van der Waals surface area contributed by atoms with Crippen molar-refractivity contribution in [1.29, 1.82) is 0 Å². The molecule has 0 spiro atoms. The molecule has 0 fully saturated rings. The minimum Gasteiger partial charge on any atom is -0.493 e. The second kappa shape index (κ2) is 11.6. The summed E-state index contributed by atoms with van der Waals surface area (Å²) in [7, 11) is 7.21. The number of methoxy groups -OCH3 is 2. The molecule has 9 heteroatoms. The molecule has 1 aromatic carbocycles. The van der Waals surface area contributed by atoms with E-state index in [1.807, 2.05) is 37.7 Å². The summed E-state index contributed by atoms with van der Waals surface area (Å²) in [4.78, 5) is 6.77. The molecule has 29 heavy (non-hydrogen) atoms. The minimum absolute atomic E-state index is 0. The van der Waals surface area contributed by atoms with E-state index < -0.39 is 0 Å². The first-order valence-electron chi connectivity index (χ1n) is 9.08. The molecule has 2 rings (SSSR count). The predicted molar refractivity (Wildman–Crippen MR) is 126 cm³/mol. The molecule has 1 heterocycles. The number of halogens is 1. The maximum atomic E-state index is 5.44. The third-order valence-corrected chi connectivity index (χ3v) is 4.57. The Morgan fingerprint density at radius 2 is 1.90 bits per heavy atom. The number of guanidine groups is 1. The highest BCUT2D eigenvalue weighted by molar-refractivity contribution is 14.0. The molecule has 0 atom stereocenters. The highest BCUT2D eigenvalue weighted by Gasteiger charge is 2.13. The van der Waals surface area contributed by atoms with Crippen molar-refractivity contribution in [3.63, 3.8) is 0 Å². The first-order valence-corrected chi connectivity index (χ1v) is 9.08. The van der Waals surface area contributed by atoms with Gasteiger partial charge in [-0.1, -0.05) is 6.08 Å². The molecule has 1 aromatic heterocycles. The summed E-state index contributed by atoms with van der Waals surface area (Å²) in [5, 5.41) is 11.6. The average molecular weight is 514 g/mol. The van der Waals surface area contributed by atoms with Gasteiger partial charge in [-0.15, -0.1) is 40.8 Å². The van der Waals surface area contributed by atoms with E-state index in [0.717, 1.165) is 34.5 Å². The molecule has 8 nitrogen and oxygen atoms in total. The van der Waals surface area contributed by atoms with Crippen LogP contribution in [0.25, 0.3) is 0 Å². The number of nitrogens with one attached hydrogen (secondary N) is 1. The Labute approximate surface area is 190 Å². The van der Waals surface area contributed by atoms with Crippen LogP contribution in [0, 0.1) is 13.8 Å². The Morgan fingerprint density at radius 1 is 1.24 bits per heavy atom. The third kappa shape index (κ3) is 6.34. The maximum absolute atomic E-state index is 5.44. The van der Waals surface area contributed by atoms with Crippen molar-refractivity contribution in [3.05, 3.63) is 47.6 Å². The third-order valence-electron chi connectivity index (χ3n) is 4.57. The standard InChI is InChI=1S/C20H30N6O2.HI/c1-8-9-21-20(22-12-19-24-23-15(3)26(19)5)25(4)13-16-11-18(28-7)17(27-6)10-14(16)2;/h8,10-11H,1,9,12-13H2,2-7H3,(H,21,22);1H. The highest BCUT2D eigenvalue weighted by Crippen LogP contribution is 2.30. The van der Waals surface area contributed by atoms with Crippen LogP contribution in [0.15, 0.2) is 29.8 Å². The Morgan fingerprint density at radius 3 is 2.45 bits per heavy atom. The van der Waals surface area contributed by atoms with E-state index in [1.54, 1.807) is 20.3 Å².